The van der Waals surface area contributed by atoms with Crippen molar-refractivity contribution in [1.82, 2.24) is 15.3 Å². The second-order valence-electron chi connectivity index (χ2n) is 7.42. The Morgan fingerprint density at radius 1 is 1.26 bits per heavy atom. The summed E-state index contributed by atoms with van der Waals surface area (Å²) in [7, 11) is 0. The molecule has 4 nitrogen and oxygen atoms in total. The zero-order valence-corrected chi connectivity index (χ0v) is 14.0. The highest BCUT2D eigenvalue weighted by Crippen LogP contribution is 2.67. The summed E-state index contributed by atoms with van der Waals surface area (Å²) in [6.07, 6.45) is 2.84. The monoisotopic (exact) mass is 309 g/mol. The van der Waals surface area contributed by atoms with Gasteiger partial charge in [0.05, 0.1) is 27.8 Å². The number of nitrogens with one attached hydrogen (secondary N) is 1. The SMILES string of the molecule is CCCNC(=O)C12CCC(c3nc4ccccc4nc31)C2(C)C. The number of aromatic nitrogens is 2. The van der Waals surface area contributed by atoms with E-state index >= 15 is 0 Å². The molecule has 2 aliphatic carbocycles. The maximum Gasteiger partial charge on any atom is 0.232 e. The number of amides is 1. The molecule has 2 aliphatic rings. The molecule has 1 heterocycles. The van der Waals surface area contributed by atoms with Crippen molar-refractivity contribution in [1.29, 1.82) is 0 Å². The summed E-state index contributed by atoms with van der Waals surface area (Å²) in [5, 5.41) is 3.13. The number of nitrogens with zero attached hydrogens (tertiary/aromatic N) is 2. The van der Waals surface area contributed by atoms with Crippen LogP contribution < -0.4 is 5.32 Å². The molecular formula is C19H23N3O. The Morgan fingerprint density at radius 2 is 1.96 bits per heavy atom. The van der Waals surface area contributed by atoms with Gasteiger partial charge in [-0.3, -0.25) is 4.79 Å². The van der Waals surface area contributed by atoms with E-state index in [1.165, 1.54) is 0 Å². The maximum atomic E-state index is 13.1. The lowest BCUT2D eigenvalue weighted by Crippen LogP contribution is -2.50. The molecule has 2 unspecified atom stereocenters. The standard InChI is InChI=1S/C19H23N3O/c1-4-11-20-17(23)19-10-9-12(18(19,2)3)15-16(19)22-14-8-6-5-7-13(14)21-15/h5-8,12H,4,9-11H2,1-3H3,(H,20,23). The van der Waals surface area contributed by atoms with E-state index in [9.17, 15) is 4.79 Å². The van der Waals surface area contributed by atoms with Crippen LogP contribution in [0, 0.1) is 5.41 Å². The lowest BCUT2D eigenvalue weighted by atomic mass is 9.67. The molecule has 4 heteroatoms. The summed E-state index contributed by atoms with van der Waals surface area (Å²) >= 11 is 0. The van der Waals surface area contributed by atoms with Gasteiger partial charge >= 0.3 is 0 Å². The molecule has 2 atom stereocenters. The van der Waals surface area contributed by atoms with Crippen molar-refractivity contribution in [2.24, 2.45) is 5.41 Å². The van der Waals surface area contributed by atoms with Gasteiger partial charge in [-0.25, -0.2) is 9.97 Å². The molecule has 0 saturated heterocycles. The zero-order valence-electron chi connectivity index (χ0n) is 14.0. The third kappa shape index (κ3) is 1.69. The van der Waals surface area contributed by atoms with Gasteiger partial charge in [-0.15, -0.1) is 0 Å². The minimum Gasteiger partial charge on any atom is -0.355 e. The molecular weight excluding hydrogens is 286 g/mol. The highest BCUT2D eigenvalue weighted by molar-refractivity contribution is 5.92. The lowest BCUT2D eigenvalue weighted by molar-refractivity contribution is -0.129. The molecule has 4 rings (SSSR count). The molecule has 0 aliphatic heterocycles. The van der Waals surface area contributed by atoms with Crippen molar-refractivity contribution in [3.8, 4) is 0 Å². The topological polar surface area (TPSA) is 54.9 Å². The first-order chi connectivity index (χ1) is 11.0. The summed E-state index contributed by atoms with van der Waals surface area (Å²) in [4.78, 5) is 22.9. The predicted molar refractivity (Wildman–Crippen MR) is 90.3 cm³/mol. The van der Waals surface area contributed by atoms with Gasteiger partial charge in [0.1, 0.15) is 0 Å². The maximum absolute atomic E-state index is 13.1. The van der Waals surface area contributed by atoms with Crippen LogP contribution in [0.2, 0.25) is 0 Å². The number of carbonyl (C=O) groups is 1. The Bertz CT molecular complexity index is 798. The molecule has 1 N–H and O–H groups in total. The summed E-state index contributed by atoms with van der Waals surface area (Å²) in [6, 6.07) is 7.96. The Kier molecular flexibility index (Phi) is 3.03. The van der Waals surface area contributed by atoms with Crippen molar-refractivity contribution in [2.75, 3.05) is 6.54 Å². The van der Waals surface area contributed by atoms with E-state index in [-0.39, 0.29) is 11.3 Å². The van der Waals surface area contributed by atoms with E-state index in [2.05, 4.69) is 26.1 Å². The molecule has 1 fully saturated rings. The lowest BCUT2D eigenvalue weighted by Gasteiger charge is -2.36. The quantitative estimate of drug-likeness (QED) is 0.946. The van der Waals surface area contributed by atoms with Crippen molar-refractivity contribution in [2.45, 2.75) is 51.4 Å². The van der Waals surface area contributed by atoms with E-state index in [1.807, 2.05) is 24.3 Å². The van der Waals surface area contributed by atoms with Crippen molar-refractivity contribution in [3.63, 3.8) is 0 Å². The van der Waals surface area contributed by atoms with Crippen molar-refractivity contribution < 1.29 is 4.79 Å². The third-order valence-electron chi connectivity index (χ3n) is 6.03. The molecule has 23 heavy (non-hydrogen) atoms. The van der Waals surface area contributed by atoms with Gasteiger partial charge in [0.25, 0.3) is 0 Å². The van der Waals surface area contributed by atoms with Gasteiger partial charge in [-0.1, -0.05) is 32.9 Å². The Labute approximate surface area is 136 Å². The minimum atomic E-state index is -0.529. The second kappa shape index (κ2) is 4.76. The molecule has 2 bridgehead atoms. The molecule has 0 radical (unpaired) electrons. The van der Waals surface area contributed by atoms with Crippen LogP contribution in [0.15, 0.2) is 24.3 Å². The summed E-state index contributed by atoms with van der Waals surface area (Å²) in [5.41, 5.74) is 3.12. The van der Waals surface area contributed by atoms with Crippen molar-refractivity contribution >= 4 is 16.9 Å². The molecule has 1 saturated carbocycles. The first kappa shape index (κ1) is 14.6. The number of benzene rings is 1. The van der Waals surface area contributed by atoms with Crippen LogP contribution in [0.3, 0.4) is 0 Å². The molecule has 1 aromatic carbocycles. The average Bonchev–Trinajstić information content (AvgIpc) is 2.92. The van der Waals surface area contributed by atoms with Crippen LogP contribution in [-0.2, 0) is 10.2 Å². The summed E-state index contributed by atoms with van der Waals surface area (Å²) in [5.74, 6) is 0.456. The highest BCUT2D eigenvalue weighted by atomic mass is 16.2. The first-order valence-electron chi connectivity index (χ1n) is 8.58. The Morgan fingerprint density at radius 3 is 2.65 bits per heavy atom. The van der Waals surface area contributed by atoms with Gasteiger partial charge in [0.15, 0.2) is 0 Å². The van der Waals surface area contributed by atoms with Crippen LogP contribution in [0.4, 0.5) is 0 Å². The first-order valence-corrected chi connectivity index (χ1v) is 8.58. The van der Waals surface area contributed by atoms with Gasteiger partial charge in [-0.2, -0.15) is 0 Å². The number of hydrogen-bond donors (Lipinski definition) is 1. The number of hydrogen-bond acceptors (Lipinski definition) is 3. The smallest absolute Gasteiger partial charge is 0.232 e. The molecule has 120 valence electrons. The predicted octanol–water partition coefficient (Wildman–Crippen LogP) is 3.31. The van der Waals surface area contributed by atoms with Crippen molar-refractivity contribution in [3.05, 3.63) is 35.7 Å². The normalized spacial score (nSPS) is 27.2. The van der Waals surface area contributed by atoms with E-state index in [4.69, 9.17) is 9.97 Å². The fraction of sp³-hybridized carbons (Fsp3) is 0.526. The van der Waals surface area contributed by atoms with Gasteiger partial charge in [-0.05, 0) is 36.8 Å². The van der Waals surface area contributed by atoms with Gasteiger partial charge in [0, 0.05) is 12.5 Å². The number of para-hydroxylation sites is 2. The second-order valence-corrected chi connectivity index (χ2v) is 7.42. The van der Waals surface area contributed by atoms with Crippen LogP contribution in [0.5, 0.6) is 0 Å². The third-order valence-corrected chi connectivity index (χ3v) is 6.03. The fourth-order valence-corrected chi connectivity index (χ4v) is 4.72. The molecule has 1 amide bonds. The zero-order chi connectivity index (χ0) is 16.2. The minimum absolute atomic E-state index is 0.134. The highest BCUT2D eigenvalue weighted by Gasteiger charge is 2.67. The van der Waals surface area contributed by atoms with E-state index in [1.54, 1.807) is 0 Å². The van der Waals surface area contributed by atoms with Gasteiger partial charge < -0.3 is 5.32 Å². The number of carbonyl (C=O) groups excluding carboxylic acids is 1. The average molecular weight is 309 g/mol. The van der Waals surface area contributed by atoms with Crippen LogP contribution in [-0.4, -0.2) is 22.4 Å². The largest absolute Gasteiger partial charge is 0.355 e. The fourth-order valence-electron chi connectivity index (χ4n) is 4.72. The van der Waals surface area contributed by atoms with E-state index < -0.39 is 5.41 Å². The van der Waals surface area contributed by atoms with Crippen LogP contribution in [0.1, 0.15) is 57.3 Å². The number of rotatable bonds is 3. The molecule has 0 spiro atoms. The van der Waals surface area contributed by atoms with Crippen LogP contribution >= 0.6 is 0 Å². The van der Waals surface area contributed by atoms with E-state index in [0.29, 0.717) is 5.92 Å². The molecule has 2 aromatic rings. The summed E-state index contributed by atoms with van der Waals surface area (Å²) < 4.78 is 0. The van der Waals surface area contributed by atoms with Crippen LogP contribution in [0.25, 0.3) is 11.0 Å². The Balaban J connectivity index is 1.93. The van der Waals surface area contributed by atoms with E-state index in [0.717, 1.165) is 48.2 Å². The molecule has 1 aromatic heterocycles. The Hall–Kier alpha value is -1.97. The number of fused-ring (bicyclic) bond motifs is 6. The summed E-state index contributed by atoms with van der Waals surface area (Å²) in [6.45, 7) is 7.22. The van der Waals surface area contributed by atoms with Gasteiger partial charge in [0.2, 0.25) is 5.91 Å².